The molecule has 1 heterocycles. The minimum absolute atomic E-state index is 0.514. The lowest BCUT2D eigenvalue weighted by atomic mass is 10.2. The summed E-state index contributed by atoms with van der Waals surface area (Å²) in [6.07, 6.45) is 8.26. The molecule has 1 aliphatic rings. The predicted molar refractivity (Wildman–Crippen MR) is 51.2 cm³/mol. The largest absolute Gasteiger partial charge is 0.379 e. The van der Waals surface area contributed by atoms with Crippen LogP contribution in [-0.2, 0) is 4.74 Å². The Bertz CT molecular complexity index is 148. The summed E-state index contributed by atoms with van der Waals surface area (Å²) in [5.74, 6) is 0. The molecule has 1 atom stereocenters. The van der Waals surface area contributed by atoms with E-state index in [-0.39, 0.29) is 0 Å². The average molecular weight is 167 g/mol. The van der Waals surface area contributed by atoms with Gasteiger partial charge in [0.15, 0.2) is 0 Å². The third-order valence-electron chi connectivity index (χ3n) is 1.89. The normalized spacial score (nSPS) is 24.5. The molecule has 1 aliphatic heterocycles. The molecule has 12 heavy (non-hydrogen) atoms. The van der Waals surface area contributed by atoms with Crippen molar-refractivity contribution in [3.63, 3.8) is 0 Å². The summed E-state index contributed by atoms with van der Waals surface area (Å²) in [5.41, 5.74) is 0. The van der Waals surface area contributed by atoms with E-state index in [1.165, 1.54) is 0 Å². The highest BCUT2D eigenvalue weighted by atomic mass is 16.5. The number of ether oxygens (including phenoxy) is 1. The molecule has 1 N–H and O–H groups in total. The van der Waals surface area contributed by atoms with E-state index in [1.54, 1.807) is 0 Å². The first-order valence-corrected chi connectivity index (χ1v) is 4.50. The van der Waals surface area contributed by atoms with Crippen molar-refractivity contribution in [2.24, 2.45) is 0 Å². The van der Waals surface area contributed by atoms with Crippen LogP contribution in [0, 0.1) is 0 Å². The first kappa shape index (κ1) is 9.49. The van der Waals surface area contributed by atoms with Crippen LogP contribution in [0.25, 0.3) is 0 Å². The maximum atomic E-state index is 5.32. The van der Waals surface area contributed by atoms with E-state index in [0.717, 1.165) is 32.6 Å². The van der Waals surface area contributed by atoms with Crippen LogP contribution >= 0.6 is 0 Å². The van der Waals surface area contributed by atoms with Gasteiger partial charge in [0.25, 0.3) is 0 Å². The number of allylic oxidation sites excluding steroid dienone is 2. The highest BCUT2D eigenvalue weighted by Crippen LogP contribution is 1.99. The molecule has 0 aromatic carbocycles. The van der Waals surface area contributed by atoms with Gasteiger partial charge in [-0.05, 0) is 12.8 Å². The van der Waals surface area contributed by atoms with Crippen LogP contribution in [0.3, 0.4) is 0 Å². The summed E-state index contributed by atoms with van der Waals surface area (Å²) in [6.45, 7) is 6.34. The molecule has 1 saturated heterocycles. The third kappa shape index (κ3) is 3.69. The molecule has 0 spiro atoms. The Kier molecular flexibility index (Phi) is 4.73. The van der Waals surface area contributed by atoms with Crippen molar-refractivity contribution in [1.29, 1.82) is 0 Å². The van der Waals surface area contributed by atoms with Crippen molar-refractivity contribution in [3.05, 3.63) is 24.8 Å². The number of morpholine rings is 1. The zero-order chi connectivity index (χ0) is 8.65. The lowest BCUT2D eigenvalue weighted by molar-refractivity contribution is 0.0778. The zero-order valence-electron chi connectivity index (χ0n) is 7.46. The maximum absolute atomic E-state index is 5.32. The van der Waals surface area contributed by atoms with Crippen molar-refractivity contribution in [2.75, 3.05) is 19.8 Å². The van der Waals surface area contributed by atoms with Gasteiger partial charge >= 0.3 is 0 Å². The smallest absolute Gasteiger partial charge is 0.0623 e. The van der Waals surface area contributed by atoms with Crippen molar-refractivity contribution < 1.29 is 4.74 Å². The highest BCUT2D eigenvalue weighted by molar-refractivity contribution is 4.91. The maximum Gasteiger partial charge on any atom is 0.0623 e. The molecule has 0 aliphatic carbocycles. The van der Waals surface area contributed by atoms with Crippen LogP contribution in [0.4, 0.5) is 0 Å². The van der Waals surface area contributed by atoms with Crippen molar-refractivity contribution in [3.8, 4) is 0 Å². The van der Waals surface area contributed by atoms with Crippen molar-refractivity contribution >= 4 is 0 Å². The molecule has 1 unspecified atom stereocenters. The Morgan fingerprint density at radius 1 is 1.50 bits per heavy atom. The van der Waals surface area contributed by atoms with E-state index in [1.807, 2.05) is 6.08 Å². The van der Waals surface area contributed by atoms with Gasteiger partial charge in [0.2, 0.25) is 0 Å². The van der Waals surface area contributed by atoms with Gasteiger partial charge in [0.1, 0.15) is 0 Å². The number of nitrogens with one attached hydrogen (secondary N) is 1. The van der Waals surface area contributed by atoms with Gasteiger partial charge in [-0.1, -0.05) is 18.2 Å². The molecule has 68 valence electrons. The number of rotatable bonds is 4. The van der Waals surface area contributed by atoms with Crippen molar-refractivity contribution in [1.82, 2.24) is 5.32 Å². The van der Waals surface area contributed by atoms with Crippen LogP contribution in [0.15, 0.2) is 24.8 Å². The molecule has 0 aromatic heterocycles. The topological polar surface area (TPSA) is 21.3 Å². The van der Waals surface area contributed by atoms with E-state index < -0.39 is 0 Å². The summed E-state index contributed by atoms with van der Waals surface area (Å²) in [7, 11) is 0. The second-order valence-corrected chi connectivity index (χ2v) is 2.96. The molecule has 2 heteroatoms. The average Bonchev–Trinajstić information content (AvgIpc) is 2.14. The Morgan fingerprint density at radius 3 is 3.08 bits per heavy atom. The van der Waals surface area contributed by atoms with Gasteiger partial charge in [-0.25, -0.2) is 0 Å². The second-order valence-electron chi connectivity index (χ2n) is 2.96. The zero-order valence-corrected chi connectivity index (χ0v) is 7.46. The van der Waals surface area contributed by atoms with E-state index in [0.29, 0.717) is 6.04 Å². The fourth-order valence-electron chi connectivity index (χ4n) is 1.22. The van der Waals surface area contributed by atoms with Crippen LogP contribution in [0.2, 0.25) is 0 Å². The van der Waals surface area contributed by atoms with Crippen LogP contribution < -0.4 is 5.32 Å². The van der Waals surface area contributed by atoms with E-state index >= 15 is 0 Å². The minimum Gasteiger partial charge on any atom is -0.379 e. The SMILES string of the molecule is C=CCC=CCC1COCCN1. The van der Waals surface area contributed by atoms with E-state index in [2.05, 4.69) is 24.0 Å². The molecule has 0 aromatic rings. The van der Waals surface area contributed by atoms with Gasteiger partial charge in [0.05, 0.1) is 13.2 Å². The van der Waals surface area contributed by atoms with Crippen LogP contribution in [0.5, 0.6) is 0 Å². The third-order valence-corrected chi connectivity index (χ3v) is 1.89. The van der Waals surface area contributed by atoms with Gasteiger partial charge in [-0.2, -0.15) is 0 Å². The first-order chi connectivity index (χ1) is 5.93. The monoisotopic (exact) mass is 167 g/mol. The molecule has 0 radical (unpaired) electrons. The Morgan fingerprint density at radius 2 is 2.42 bits per heavy atom. The van der Waals surface area contributed by atoms with Crippen LogP contribution in [0.1, 0.15) is 12.8 Å². The van der Waals surface area contributed by atoms with E-state index in [9.17, 15) is 0 Å². The minimum atomic E-state index is 0.514. The number of hydrogen-bond acceptors (Lipinski definition) is 2. The van der Waals surface area contributed by atoms with Crippen LogP contribution in [-0.4, -0.2) is 25.8 Å². The molecule has 1 fully saturated rings. The molecular weight excluding hydrogens is 150 g/mol. The molecule has 0 amide bonds. The fourth-order valence-corrected chi connectivity index (χ4v) is 1.22. The van der Waals surface area contributed by atoms with Gasteiger partial charge < -0.3 is 10.1 Å². The standard InChI is InChI=1S/C10H17NO/c1-2-3-4-5-6-10-9-12-8-7-11-10/h2,4-5,10-11H,1,3,6-9H2. The summed E-state index contributed by atoms with van der Waals surface area (Å²) >= 11 is 0. The molecule has 2 nitrogen and oxygen atoms in total. The summed E-state index contributed by atoms with van der Waals surface area (Å²) < 4.78 is 5.32. The molecular formula is C10H17NO. The molecule has 1 rings (SSSR count). The van der Waals surface area contributed by atoms with Gasteiger partial charge in [-0.15, -0.1) is 6.58 Å². The van der Waals surface area contributed by atoms with E-state index in [4.69, 9.17) is 4.74 Å². The fraction of sp³-hybridized carbons (Fsp3) is 0.600. The quantitative estimate of drug-likeness (QED) is 0.641. The summed E-state index contributed by atoms with van der Waals surface area (Å²) in [6, 6.07) is 0.514. The first-order valence-electron chi connectivity index (χ1n) is 4.50. The van der Waals surface area contributed by atoms with Gasteiger partial charge in [0, 0.05) is 12.6 Å². The molecule has 0 saturated carbocycles. The molecule has 0 bridgehead atoms. The summed E-state index contributed by atoms with van der Waals surface area (Å²) in [5, 5.41) is 3.39. The Hall–Kier alpha value is -0.600. The van der Waals surface area contributed by atoms with Crippen molar-refractivity contribution in [2.45, 2.75) is 18.9 Å². The predicted octanol–water partition coefficient (Wildman–Crippen LogP) is 1.50. The second kappa shape index (κ2) is 5.98. The summed E-state index contributed by atoms with van der Waals surface area (Å²) in [4.78, 5) is 0. The lowest BCUT2D eigenvalue weighted by Crippen LogP contribution is -2.40. The van der Waals surface area contributed by atoms with Gasteiger partial charge in [-0.3, -0.25) is 0 Å². The number of hydrogen-bond donors (Lipinski definition) is 1. The lowest BCUT2D eigenvalue weighted by Gasteiger charge is -2.22. The Labute approximate surface area is 74.3 Å². The highest BCUT2D eigenvalue weighted by Gasteiger charge is 2.09. The Balaban J connectivity index is 2.08.